The molecule has 7 heteroatoms. The second-order valence-corrected chi connectivity index (χ2v) is 4.52. The number of carbonyl (C=O) groups is 1. The third-order valence-electron chi connectivity index (χ3n) is 2.93. The van der Waals surface area contributed by atoms with Crippen LogP contribution in [0.2, 0.25) is 0 Å². The van der Waals surface area contributed by atoms with Crippen LogP contribution < -0.4 is 5.32 Å². The number of carbonyl (C=O) groups excluding carboxylic acids is 1. The van der Waals surface area contributed by atoms with E-state index in [-0.39, 0.29) is 24.2 Å². The van der Waals surface area contributed by atoms with Crippen molar-refractivity contribution < 1.29 is 14.6 Å². The summed E-state index contributed by atoms with van der Waals surface area (Å²) < 4.78 is 6.53. The van der Waals surface area contributed by atoms with Crippen LogP contribution in [0.1, 0.15) is 16.9 Å². The zero-order valence-electron chi connectivity index (χ0n) is 11.8. The lowest BCUT2D eigenvalue weighted by Gasteiger charge is -2.15. The average Bonchev–Trinajstić information content (AvgIpc) is 2.98. The van der Waals surface area contributed by atoms with E-state index in [2.05, 4.69) is 15.6 Å². The van der Waals surface area contributed by atoms with Crippen molar-refractivity contribution in [2.75, 3.05) is 20.3 Å². The van der Waals surface area contributed by atoms with Crippen LogP contribution in [0.5, 0.6) is 0 Å². The Morgan fingerprint density at radius 1 is 1.43 bits per heavy atom. The van der Waals surface area contributed by atoms with Gasteiger partial charge in [-0.05, 0) is 18.6 Å². The lowest BCUT2D eigenvalue weighted by Crippen LogP contribution is -2.38. The maximum Gasteiger partial charge on any atom is 0.273 e. The van der Waals surface area contributed by atoms with E-state index in [4.69, 9.17) is 9.84 Å². The standard InChI is InChI=1S/C14H18N4O3/c1-21-10-11(7-8-19)15-14(20)13-9-18(17-16-13)12-5-3-2-4-6-12/h2-6,9,11,19H,7-8,10H2,1H3,(H,15,20). The summed E-state index contributed by atoms with van der Waals surface area (Å²) in [7, 11) is 1.54. The molecule has 7 nitrogen and oxygen atoms in total. The monoisotopic (exact) mass is 290 g/mol. The largest absolute Gasteiger partial charge is 0.396 e. The Hall–Kier alpha value is -2.25. The molecule has 1 aromatic heterocycles. The van der Waals surface area contributed by atoms with Gasteiger partial charge in [0.25, 0.3) is 5.91 Å². The number of nitrogens with one attached hydrogen (secondary N) is 1. The Kier molecular flexibility index (Phi) is 5.42. The van der Waals surface area contributed by atoms with Crippen molar-refractivity contribution in [3.63, 3.8) is 0 Å². The Labute approximate surface area is 122 Å². The van der Waals surface area contributed by atoms with Crippen molar-refractivity contribution in [2.24, 2.45) is 0 Å². The fourth-order valence-electron chi connectivity index (χ4n) is 1.89. The second-order valence-electron chi connectivity index (χ2n) is 4.52. The third kappa shape index (κ3) is 4.11. The van der Waals surface area contributed by atoms with Crippen LogP contribution in [0.15, 0.2) is 36.5 Å². The van der Waals surface area contributed by atoms with E-state index < -0.39 is 0 Å². The molecular weight excluding hydrogens is 272 g/mol. The van der Waals surface area contributed by atoms with Crippen molar-refractivity contribution in [1.82, 2.24) is 20.3 Å². The third-order valence-corrected chi connectivity index (χ3v) is 2.93. The van der Waals surface area contributed by atoms with Crippen molar-refractivity contribution in [1.29, 1.82) is 0 Å². The van der Waals surface area contributed by atoms with Crippen molar-refractivity contribution >= 4 is 5.91 Å². The van der Waals surface area contributed by atoms with Crippen LogP contribution in [-0.4, -0.2) is 52.4 Å². The van der Waals surface area contributed by atoms with Crippen LogP contribution in [0.3, 0.4) is 0 Å². The Balaban J connectivity index is 2.05. The molecule has 0 aliphatic carbocycles. The topological polar surface area (TPSA) is 89.3 Å². The number of para-hydroxylation sites is 1. The van der Waals surface area contributed by atoms with Gasteiger partial charge in [-0.1, -0.05) is 23.4 Å². The number of rotatable bonds is 7. The smallest absolute Gasteiger partial charge is 0.273 e. The van der Waals surface area contributed by atoms with Crippen LogP contribution in [0.25, 0.3) is 5.69 Å². The van der Waals surface area contributed by atoms with E-state index in [0.29, 0.717) is 13.0 Å². The minimum Gasteiger partial charge on any atom is -0.396 e. The molecule has 1 atom stereocenters. The van der Waals surface area contributed by atoms with E-state index in [0.717, 1.165) is 5.69 Å². The predicted molar refractivity (Wildman–Crippen MR) is 76.2 cm³/mol. The van der Waals surface area contributed by atoms with Gasteiger partial charge in [0.1, 0.15) is 0 Å². The number of aromatic nitrogens is 3. The van der Waals surface area contributed by atoms with Gasteiger partial charge in [-0.25, -0.2) is 4.68 Å². The molecule has 112 valence electrons. The summed E-state index contributed by atoms with van der Waals surface area (Å²) in [6, 6.07) is 9.15. The molecule has 0 bridgehead atoms. The van der Waals surface area contributed by atoms with Crippen LogP contribution in [0, 0.1) is 0 Å². The number of hydrogen-bond donors (Lipinski definition) is 2. The second kappa shape index (κ2) is 7.51. The van der Waals surface area contributed by atoms with Gasteiger partial charge in [-0.15, -0.1) is 5.10 Å². The number of hydrogen-bond acceptors (Lipinski definition) is 5. The van der Waals surface area contributed by atoms with Gasteiger partial charge in [0.15, 0.2) is 5.69 Å². The van der Waals surface area contributed by atoms with E-state index >= 15 is 0 Å². The highest BCUT2D eigenvalue weighted by atomic mass is 16.5. The Bertz CT molecular complexity index is 565. The highest BCUT2D eigenvalue weighted by Crippen LogP contribution is 2.06. The fraction of sp³-hybridized carbons (Fsp3) is 0.357. The van der Waals surface area contributed by atoms with Gasteiger partial charge in [0.05, 0.1) is 24.5 Å². The number of ether oxygens (including phenoxy) is 1. The lowest BCUT2D eigenvalue weighted by molar-refractivity contribution is 0.0873. The average molecular weight is 290 g/mol. The zero-order valence-corrected chi connectivity index (χ0v) is 11.8. The lowest BCUT2D eigenvalue weighted by atomic mass is 10.2. The molecule has 1 amide bonds. The number of amides is 1. The molecular formula is C14H18N4O3. The molecule has 0 fully saturated rings. The maximum absolute atomic E-state index is 12.1. The molecule has 1 aromatic carbocycles. The summed E-state index contributed by atoms with van der Waals surface area (Å²) in [5, 5.41) is 19.5. The van der Waals surface area contributed by atoms with Gasteiger partial charge in [0.2, 0.25) is 0 Å². The van der Waals surface area contributed by atoms with E-state index in [9.17, 15) is 4.79 Å². The minimum absolute atomic E-state index is 0.0228. The zero-order chi connectivity index (χ0) is 15.1. The van der Waals surface area contributed by atoms with Crippen LogP contribution in [-0.2, 0) is 4.74 Å². The molecule has 0 aliphatic heterocycles. The highest BCUT2D eigenvalue weighted by molar-refractivity contribution is 5.92. The molecule has 2 N–H and O–H groups in total. The van der Waals surface area contributed by atoms with Crippen molar-refractivity contribution in [2.45, 2.75) is 12.5 Å². The maximum atomic E-state index is 12.1. The van der Waals surface area contributed by atoms with Gasteiger partial charge in [0, 0.05) is 13.7 Å². The molecule has 2 aromatic rings. The first-order valence-corrected chi connectivity index (χ1v) is 6.63. The predicted octanol–water partition coefficient (Wildman–Crippen LogP) is 0.394. The highest BCUT2D eigenvalue weighted by Gasteiger charge is 2.16. The van der Waals surface area contributed by atoms with Crippen LogP contribution in [0.4, 0.5) is 0 Å². The Morgan fingerprint density at radius 3 is 2.86 bits per heavy atom. The quantitative estimate of drug-likeness (QED) is 0.770. The van der Waals surface area contributed by atoms with Crippen molar-refractivity contribution in [3.8, 4) is 5.69 Å². The van der Waals surface area contributed by atoms with E-state index in [1.165, 1.54) is 4.68 Å². The van der Waals surface area contributed by atoms with Crippen molar-refractivity contribution in [3.05, 3.63) is 42.2 Å². The molecule has 0 radical (unpaired) electrons. The molecule has 21 heavy (non-hydrogen) atoms. The number of benzene rings is 1. The summed E-state index contributed by atoms with van der Waals surface area (Å²) in [5.41, 5.74) is 1.05. The van der Waals surface area contributed by atoms with Gasteiger partial charge in [-0.3, -0.25) is 4.79 Å². The molecule has 2 rings (SSSR count). The molecule has 1 unspecified atom stereocenters. The molecule has 0 aliphatic rings. The number of nitrogens with zero attached hydrogens (tertiary/aromatic N) is 3. The molecule has 0 saturated heterocycles. The summed E-state index contributed by atoms with van der Waals surface area (Å²) in [5.74, 6) is -0.340. The Morgan fingerprint density at radius 2 is 2.19 bits per heavy atom. The number of aliphatic hydroxyl groups excluding tert-OH is 1. The minimum atomic E-state index is -0.340. The summed E-state index contributed by atoms with van der Waals surface area (Å²) in [6.45, 7) is 0.310. The summed E-state index contributed by atoms with van der Waals surface area (Å²) in [4.78, 5) is 12.1. The first kappa shape index (κ1) is 15.1. The fourth-order valence-corrected chi connectivity index (χ4v) is 1.89. The van der Waals surface area contributed by atoms with Gasteiger partial charge >= 0.3 is 0 Å². The summed E-state index contributed by atoms with van der Waals surface area (Å²) >= 11 is 0. The molecule has 1 heterocycles. The van der Waals surface area contributed by atoms with Crippen LogP contribution >= 0.6 is 0 Å². The number of methoxy groups -OCH3 is 1. The molecule has 0 saturated carbocycles. The number of aliphatic hydroxyl groups is 1. The first-order valence-electron chi connectivity index (χ1n) is 6.63. The van der Waals surface area contributed by atoms with Gasteiger partial charge in [-0.2, -0.15) is 0 Å². The van der Waals surface area contributed by atoms with E-state index in [1.807, 2.05) is 30.3 Å². The normalized spacial score (nSPS) is 12.1. The van der Waals surface area contributed by atoms with E-state index in [1.54, 1.807) is 13.3 Å². The molecule has 0 spiro atoms. The van der Waals surface area contributed by atoms with Gasteiger partial charge < -0.3 is 15.2 Å². The first-order chi connectivity index (χ1) is 10.2. The summed E-state index contributed by atoms with van der Waals surface area (Å²) in [6.07, 6.45) is 1.99. The SMILES string of the molecule is COCC(CCO)NC(=O)c1cn(-c2ccccc2)nn1.